The quantitative estimate of drug-likeness (QED) is 0.0443. The van der Waals surface area contributed by atoms with Gasteiger partial charge in [0.05, 0.1) is 13.2 Å². The lowest BCUT2D eigenvalue weighted by Gasteiger charge is -2.28. The van der Waals surface area contributed by atoms with Crippen molar-refractivity contribution in [2.45, 2.75) is 336 Å². The molecule has 0 spiro atoms. The van der Waals surface area contributed by atoms with E-state index >= 15 is 0 Å². The van der Waals surface area contributed by atoms with E-state index in [0.717, 1.165) is 89.9 Å². The first kappa shape index (κ1) is 69.5. The molecule has 0 aliphatic rings. The molecule has 71 heavy (non-hydrogen) atoms. The third-order valence-corrected chi connectivity index (χ3v) is 14.6. The Kier molecular flexibility index (Phi) is 55.0. The highest BCUT2D eigenvalue weighted by Gasteiger charge is 2.26. The molecule has 0 radical (unpaired) electrons. The van der Waals surface area contributed by atoms with Crippen LogP contribution in [-0.2, 0) is 33.3 Å². The summed E-state index contributed by atoms with van der Waals surface area (Å²) in [4.78, 5) is 42.5. The maximum absolute atomic E-state index is 14.2. The van der Waals surface area contributed by atoms with Crippen molar-refractivity contribution < 1.29 is 33.3 Å². The van der Waals surface area contributed by atoms with Crippen molar-refractivity contribution in [1.82, 2.24) is 4.90 Å². The number of ether oxygens (including phenoxy) is 4. The molecule has 0 aliphatic carbocycles. The second-order valence-electron chi connectivity index (χ2n) is 21.7. The van der Waals surface area contributed by atoms with Gasteiger partial charge in [-0.15, -0.1) is 0 Å². The van der Waals surface area contributed by atoms with Crippen molar-refractivity contribution in [2.75, 3.05) is 46.1 Å². The minimum absolute atomic E-state index is 0.00827. The molecule has 0 heterocycles. The molecule has 0 rings (SSSR count). The number of ketones is 1. The van der Waals surface area contributed by atoms with Crippen LogP contribution >= 0.6 is 0 Å². The smallest absolute Gasteiger partial charge is 0.306 e. The Balaban J connectivity index is 5.26. The van der Waals surface area contributed by atoms with E-state index in [4.69, 9.17) is 18.9 Å². The number of amides is 1. The van der Waals surface area contributed by atoms with Crippen LogP contribution in [0.25, 0.3) is 0 Å². The van der Waals surface area contributed by atoms with E-state index < -0.39 is 6.10 Å². The summed E-state index contributed by atoms with van der Waals surface area (Å²) < 4.78 is 24.6. The van der Waals surface area contributed by atoms with Gasteiger partial charge in [0.1, 0.15) is 11.9 Å². The van der Waals surface area contributed by atoms with Crippen LogP contribution in [0.15, 0.2) is 0 Å². The topological polar surface area (TPSA) is 91.4 Å². The lowest BCUT2D eigenvalue weighted by atomic mass is 9.89. The van der Waals surface area contributed by atoms with Crippen LogP contribution in [0.3, 0.4) is 0 Å². The van der Waals surface area contributed by atoms with E-state index in [1.165, 1.54) is 180 Å². The average molecular weight is 1010 g/mol. The largest absolute Gasteiger partial charge is 0.462 e. The molecule has 0 fully saturated rings. The molecule has 0 bridgehead atoms. The van der Waals surface area contributed by atoms with Gasteiger partial charge in [-0.3, -0.25) is 14.4 Å². The van der Waals surface area contributed by atoms with E-state index in [-0.39, 0.29) is 24.6 Å². The van der Waals surface area contributed by atoms with E-state index in [1.54, 1.807) is 0 Å². The van der Waals surface area contributed by atoms with E-state index in [1.807, 2.05) is 4.90 Å². The number of Topliss-reactive ketones (excluding diaryl/α,β-unsaturated/α-hetero) is 1. The van der Waals surface area contributed by atoms with Crippen molar-refractivity contribution in [2.24, 2.45) is 5.92 Å². The fraction of sp³-hybridized carbons (Fsp3) is 0.952. The molecule has 1 amide bonds. The van der Waals surface area contributed by atoms with Gasteiger partial charge in [0.2, 0.25) is 0 Å². The van der Waals surface area contributed by atoms with Crippen LogP contribution < -0.4 is 0 Å². The monoisotopic (exact) mass is 1010 g/mol. The lowest BCUT2D eigenvalue weighted by molar-refractivity contribution is -0.150. The fourth-order valence-corrected chi connectivity index (χ4v) is 9.91. The van der Waals surface area contributed by atoms with Crippen molar-refractivity contribution in [3.05, 3.63) is 0 Å². The van der Waals surface area contributed by atoms with Crippen molar-refractivity contribution in [3.8, 4) is 0 Å². The van der Waals surface area contributed by atoms with Gasteiger partial charge >= 0.3 is 5.97 Å². The summed E-state index contributed by atoms with van der Waals surface area (Å²) in [6.45, 7) is 17.1. The predicted octanol–water partition coefficient (Wildman–Crippen LogP) is 18.6. The second kappa shape index (κ2) is 56.2. The Labute approximate surface area is 442 Å². The van der Waals surface area contributed by atoms with Crippen LogP contribution in [0.4, 0.5) is 0 Å². The minimum atomic E-state index is -0.673. The molecule has 8 nitrogen and oxygen atoms in total. The molecule has 0 aromatic carbocycles. The molecule has 0 aromatic rings. The lowest BCUT2D eigenvalue weighted by Crippen LogP contribution is -2.45. The zero-order valence-corrected chi connectivity index (χ0v) is 48.6. The van der Waals surface area contributed by atoms with E-state index in [2.05, 4.69) is 41.5 Å². The summed E-state index contributed by atoms with van der Waals surface area (Å²) in [5.41, 5.74) is 0. The predicted molar refractivity (Wildman–Crippen MR) is 304 cm³/mol. The minimum Gasteiger partial charge on any atom is -0.462 e. The number of carbonyl (C=O) groups is 3. The molecule has 0 saturated carbocycles. The molecule has 0 N–H and O–H groups in total. The number of carbonyl (C=O) groups excluding carboxylic acids is 3. The molecular weight excluding hydrogens is 883 g/mol. The van der Waals surface area contributed by atoms with Crippen LogP contribution in [0, 0.1) is 5.92 Å². The van der Waals surface area contributed by atoms with Crippen LogP contribution in [-0.4, -0.2) is 80.9 Å². The summed E-state index contributed by atoms with van der Waals surface area (Å²) in [6, 6.07) is 0. The molecule has 0 aromatic heterocycles. The first-order valence-corrected chi connectivity index (χ1v) is 31.6. The van der Waals surface area contributed by atoms with Gasteiger partial charge in [0, 0.05) is 52.2 Å². The molecule has 422 valence electrons. The van der Waals surface area contributed by atoms with E-state index in [9.17, 15) is 14.4 Å². The number of hydrogen-bond donors (Lipinski definition) is 0. The highest BCUT2D eigenvalue weighted by Crippen LogP contribution is 2.24. The summed E-state index contributed by atoms with van der Waals surface area (Å²) in [6.07, 6.45) is 49.4. The highest BCUT2D eigenvalue weighted by atomic mass is 16.5. The van der Waals surface area contributed by atoms with Crippen molar-refractivity contribution in [3.63, 3.8) is 0 Å². The van der Waals surface area contributed by atoms with Gasteiger partial charge in [-0.05, 0) is 70.1 Å². The Hall–Kier alpha value is -1.51. The SMILES string of the molecule is CCCCCCCCC(CCCCCCCC)CC(=O)CCCCCOCC(OCCCCCC(=O)OC(CCCCCCCC)CCCCCCCC)C(=O)N(CCCCCCCC)CCOCCC. The number of unbranched alkanes of at least 4 members (excludes halogenated alkanes) is 29. The van der Waals surface area contributed by atoms with Crippen molar-refractivity contribution >= 4 is 17.7 Å². The van der Waals surface area contributed by atoms with Gasteiger partial charge in [-0.1, -0.05) is 241 Å². The van der Waals surface area contributed by atoms with Gasteiger partial charge in [-0.25, -0.2) is 0 Å². The second-order valence-corrected chi connectivity index (χ2v) is 21.7. The van der Waals surface area contributed by atoms with Crippen LogP contribution in [0.1, 0.15) is 324 Å². The first-order valence-electron chi connectivity index (χ1n) is 31.6. The summed E-state index contributed by atoms with van der Waals surface area (Å²) in [5.74, 6) is 0.912. The van der Waals surface area contributed by atoms with Gasteiger partial charge in [0.25, 0.3) is 5.91 Å². The maximum Gasteiger partial charge on any atom is 0.306 e. The Morgan fingerprint density at radius 2 is 0.817 bits per heavy atom. The van der Waals surface area contributed by atoms with Gasteiger partial charge < -0.3 is 23.8 Å². The summed E-state index contributed by atoms with van der Waals surface area (Å²) in [7, 11) is 0. The summed E-state index contributed by atoms with van der Waals surface area (Å²) in [5, 5.41) is 0. The number of esters is 1. The molecular formula is C63H123NO7. The molecule has 0 saturated heterocycles. The number of hydrogen-bond acceptors (Lipinski definition) is 7. The molecule has 8 heteroatoms. The first-order chi connectivity index (χ1) is 34.9. The maximum atomic E-state index is 14.2. The number of nitrogens with zero attached hydrogens (tertiary/aromatic N) is 1. The Morgan fingerprint density at radius 1 is 0.380 bits per heavy atom. The van der Waals surface area contributed by atoms with Crippen LogP contribution in [0.2, 0.25) is 0 Å². The van der Waals surface area contributed by atoms with Crippen LogP contribution in [0.5, 0.6) is 0 Å². The third kappa shape index (κ3) is 47.9. The average Bonchev–Trinajstić information content (AvgIpc) is 3.36. The van der Waals surface area contributed by atoms with Crippen molar-refractivity contribution in [1.29, 1.82) is 0 Å². The zero-order valence-electron chi connectivity index (χ0n) is 48.6. The van der Waals surface area contributed by atoms with Gasteiger partial charge in [-0.2, -0.15) is 0 Å². The van der Waals surface area contributed by atoms with E-state index in [0.29, 0.717) is 64.1 Å². The Bertz CT molecular complexity index is 1090. The molecule has 0 aliphatic heterocycles. The fourth-order valence-electron chi connectivity index (χ4n) is 9.91. The zero-order chi connectivity index (χ0) is 51.9. The number of rotatable bonds is 59. The summed E-state index contributed by atoms with van der Waals surface area (Å²) >= 11 is 0. The normalized spacial score (nSPS) is 12.1. The molecule has 1 unspecified atom stereocenters. The molecule has 1 atom stereocenters. The van der Waals surface area contributed by atoms with Gasteiger partial charge in [0.15, 0.2) is 6.10 Å². The third-order valence-electron chi connectivity index (χ3n) is 14.6. The standard InChI is InChI=1S/C63H123NO7/c1-7-13-18-23-28-35-44-58(45-36-29-24-19-14-8-2)56-59(65)46-37-33-42-53-69-57-61(63(67)64(51-55-68-52-12-6)50-41-32-27-22-17-11-5)70-54-43-34-40-49-62(66)71-60(47-38-30-25-20-15-9-3)48-39-31-26-21-16-10-4/h58,60-61H,7-57H2,1-6H3. The highest BCUT2D eigenvalue weighted by molar-refractivity contribution is 5.81. The Morgan fingerprint density at radius 3 is 1.32 bits per heavy atom.